The van der Waals surface area contributed by atoms with Crippen LogP contribution in [0.4, 0.5) is 0 Å². The van der Waals surface area contributed by atoms with Gasteiger partial charge in [-0.2, -0.15) is 0 Å². The van der Waals surface area contributed by atoms with E-state index in [2.05, 4.69) is 48.5 Å². The zero-order chi connectivity index (χ0) is 33.4. The molecule has 2 N–H and O–H groups in total. The normalized spacial score (nSPS) is 15.8. The van der Waals surface area contributed by atoms with Crippen LogP contribution in [0.3, 0.4) is 0 Å². The molecule has 0 aromatic heterocycles. The summed E-state index contributed by atoms with van der Waals surface area (Å²) in [6.07, 6.45) is 15.1. The topological polar surface area (TPSA) is 53.7 Å². The van der Waals surface area contributed by atoms with Crippen LogP contribution in [0, 0.1) is 0 Å². The Hall–Kier alpha value is -1.44. The first-order valence-corrected chi connectivity index (χ1v) is 21.2. The van der Waals surface area contributed by atoms with Crippen molar-refractivity contribution < 1.29 is 31.2 Å². The second-order valence-corrected chi connectivity index (χ2v) is 17.6. The van der Waals surface area contributed by atoms with Crippen molar-refractivity contribution in [3.63, 3.8) is 0 Å². The zero-order valence-corrected chi connectivity index (χ0v) is 32.1. The molecule has 2 fully saturated rings. The van der Waals surface area contributed by atoms with Crippen LogP contribution in [0.5, 0.6) is 11.5 Å². The van der Waals surface area contributed by atoms with Crippen LogP contribution in [-0.4, -0.2) is 44.8 Å². The Labute approximate surface area is 293 Å². The first-order valence-electron chi connectivity index (χ1n) is 16.9. The quantitative estimate of drug-likeness (QED) is 0.175. The fraction of sp³-hybridized carbons (Fsp3) is 0.538. The molecule has 0 saturated heterocycles. The molecule has 0 atom stereocenters. The number of hydrogen-bond donors (Lipinski definition) is 1. The molecule has 0 amide bonds. The summed E-state index contributed by atoms with van der Waals surface area (Å²) in [6.45, 7) is 6.76. The Morgan fingerprint density at radius 1 is 0.739 bits per heavy atom. The van der Waals surface area contributed by atoms with Crippen LogP contribution in [0.25, 0.3) is 11.1 Å². The van der Waals surface area contributed by atoms with Gasteiger partial charge < -0.3 is 14.2 Å². The molecule has 2 aliphatic carbocycles. The molecule has 0 bridgehead atoms. The first kappa shape index (κ1) is 39.0. The Morgan fingerprint density at radius 3 is 1.72 bits per heavy atom. The molecule has 46 heavy (non-hydrogen) atoms. The Balaban J connectivity index is 0.000000279. The molecule has 2 aliphatic rings. The van der Waals surface area contributed by atoms with Gasteiger partial charge in [0.1, 0.15) is 11.5 Å². The summed E-state index contributed by atoms with van der Waals surface area (Å²) in [5, 5.41) is 1.59. The van der Waals surface area contributed by atoms with Gasteiger partial charge in [0.2, 0.25) is 0 Å². The SMILES string of the molecule is COC(C)(C)C.COc1cccc(OC)c1-c1ccccc1P(C1CCCCC1)C1CCCCC1.NCCc1cccc[c]1[Pd][Cl]. The van der Waals surface area contributed by atoms with Crippen molar-refractivity contribution in [3.8, 4) is 22.6 Å². The number of methoxy groups -OCH3 is 3. The van der Waals surface area contributed by atoms with E-state index in [9.17, 15) is 0 Å². The second kappa shape index (κ2) is 20.8. The Bertz CT molecular complexity index is 1250. The minimum atomic E-state index is -0.182. The van der Waals surface area contributed by atoms with E-state index in [-0.39, 0.29) is 30.5 Å². The van der Waals surface area contributed by atoms with E-state index >= 15 is 0 Å². The summed E-state index contributed by atoms with van der Waals surface area (Å²) >= 11 is 0.176. The van der Waals surface area contributed by atoms with Gasteiger partial charge in [-0.1, -0.05) is 76.8 Å². The molecule has 0 heterocycles. The predicted octanol–water partition coefficient (Wildman–Crippen LogP) is 9.62. The molecular formula is C39H57ClNO3PPd. The number of hydrogen-bond acceptors (Lipinski definition) is 4. The average Bonchev–Trinajstić information content (AvgIpc) is 3.10. The minimum absolute atomic E-state index is 0.0417. The van der Waals surface area contributed by atoms with E-state index in [1.807, 2.05) is 39.0 Å². The summed E-state index contributed by atoms with van der Waals surface area (Å²) in [5.41, 5.74) is 11.0. The molecule has 3 aromatic carbocycles. The molecule has 0 spiro atoms. The maximum atomic E-state index is 5.80. The third kappa shape index (κ3) is 11.9. The van der Waals surface area contributed by atoms with Crippen molar-refractivity contribution in [1.82, 2.24) is 0 Å². The average molecular weight is 761 g/mol. The second-order valence-electron chi connectivity index (χ2n) is 13.0. The van der Waals surface area contributed by atoms with Gasteiger partial charge in [0.15, 0.2) is 0 Å². The van der Waals surface area contributed by atoms with Gasteiger partial charge in [0.25, 0.3) is 0 Å². The van der Waals surface area contributed by atoms with Crippen molar-refractivity contribution in [1.29, 1.82) is 0 Å². The van der Waals surface area contributed by atoms with Crippen LogP contribution >= 0.6 is 17.5 Å². The van der Waals surface area contributed by atoms with Crippen molar-refractivity contribution in [3.05, 3.63) is 72.3 Å². The van der Waals surface area contributed by atoms with Crippen molar-refractivity contribution in [2.45, 2.75) is 108 Å². The molecular weight excluding hydrogens is 703 g/mol. The third-order valence-electron chi connectivity index (χ3n) is 8.83. The molecule has 2 saturated carbocycles. The van der Waals surface area contributed by atoms with Crippen LogP contribution < -0.4 is 24.5 Å². The van der Waals surface area contributed by atoms with Crippen LogP contribution in [-0.2, 0) is 28.1 Å². The van der Waals surface area contributed by atoms with Crippen LogP contribution in [0.1, 0.15) is 90.5 Å². The van der Waals surface area contributed by atoms with Gasteiger partial charge in [0, 0.05) is 7.11 Å². The maximum absolute atomic E-state index is 5.80. The van der Waals surface area contributed by atoms with Crippen molar-refractivity contribution >= 4 is 26.8 Å². The molecule has 0 radical (unpaired) electrons. The molecule has 5 rings (SSSR count). The summed E-state index contributed by atoms with van der Waals surface area (Å²) in [5.74, 6) is 1.83. The standard InChI is InChI=1S/C26H35O2P.C8H10N.C5H12O.ClH.Pd/c1-27-23-17-11-18-24(28-2)26(23)22-16-9-10-19-25(22)29(20-12-5-3-6-13-20)21-14-7-4-8-15-21;9-7-6-8-4-2-1-3-5-8;1-5(2,3)6-4;;/h9-11,16-21H,3-8,12-15H2,1-2H3;1-4H,6-7,9H2;1-4H3;1H;/q;;;;+1/p-1. The molecule has 258 valence electrons. The van der Waals surface area contributed by atoms with Gasteiger partial charge in [-0.15, -0.1) is 0 Å². The van der Waals surface area contributed by atoms with E-state index < -0.39 is 0 Å². The van der Waals surface area contributed by atoms with Gasteiger partial charge in [-0.25, -0.2) is 0 Å². The first-order chi connectivity index (χ1) is 22.3. The third-order valence-corrected chi connectivity index (χ3v) is 14.2. The summed E-state index contributed by atoms with van der Waals surface area (Å²) in [6, 6.07) is 23.5. The fourth-order valence-electron chi connectivity index (χ4n) is 6.33. The molecule has 3 aromatic rings. The number of halogens is 1. The van der Waals surface area contributed by atoms with Gasteiger partial charge in [0.05, 0.1) is 25.4 Å². The molecule has 0 aliphatic heterocycles. The number of ether oxygens (including phenoxy) is 3. The Kier molecular flexibility index (Phi) is 17.7. The predicted molar refractivity (Wildman–Crippen MR) is 197 cm³/mol. The van der Waals surface area contributed by atoms with E-state index in [1.54, 1.807) is 26.6 Å². The number of rotatable bonds is 9. The van der Waals surface area contributed by atoms with E-state index in [0.717, 1.165) is 34.8 Å². The fourth-order valence-corrected chi connectivity index (χ4v) is 11.7. The number of benzene rings is 3. The van der Waals surface area contributed by atoms with E-state index in [1.165, 1.54) is 79.4 Å². The van der Waals surface area contributed by atoms with Gasteiger partial charge in [-0.05, 0) is 80.8 Å². The summed E-state index contributed by atoms with van der Waals surface area (Å²) in [7, 11) is 10.8. The molecule has 0 unspecified atom stereocenters. The van der Waals surface area contributed by atoms with Crippen molar-refractivity contribution in [2.75, 3.05) is 27.9 Å². The van der Waals surface area contributed by atoms with E-state index in [4.69, 9.17) is 29.5 Å². The summed E-state index contributed by atoms with van der Waals surface area (Å²) < 4.78 is 17.8. The zero-order valence-electron chi connectivity index (χ0n) is 28.9. The van der Waals surface area contributed by atoms with Crippen LogP contribution in [0.15, 0.2) is 66.7 Å². The van der Waals surface area contributed by atoms with Crippen molar-refractivity contribution in [2.24, 2.45) is 5.73 Å². The molecule has 7 heteroatoms. The van der Waals surface area contributed by atoms with Gasteiger partial charge >= 0.3 is 79.1 Å². The Morgan fingerprint density at radius 2 is 1.24 bits per heavy atom. The monoisotopic (exact) mass is 759 g/mol. The van der Waals surface area contributed by atoms with E-state index in [0.29, 0.717) is 6.54 Å². The van der Waals surface area contributed by atoms with Gasteiger partial charge in [-0.3, -0.25) is 0 Å². The molecule has 4 nitrogen and oxygen atoms in total. The number of nitrogens with two attached hydrogens (primary N) is 1. The van der Waals surface area contributed by atoms with Crippen LogP contribution in [0.2, 0.25) is 0 Å². The summed E-state index contributed by atoms with van der Waals surface area (Å²) in [4.78, 5) is 0.